The van der Waals surface area contributed by atoms with Crippen LogP contribution in [0.15, 0.2) is 66.7 Å². The number of halogens is 1. The van der Waals surface area contributed by atoms with Crippen LogP contribution in [0.3, 0.4) is 0 Å². The Bertz CT molecular complexity index is 1450. The van der Waals surface area contributed by atoms with E-state index in [1.165, 1.54) is 0 Å². The third-order valence-corrected chi connectivity index (χ3v) is 6.93. The highest BCUT2D eigenvalue weighted by atomic mass is 35.5. The highest BCUT2D eigenvalue weighted by Gasteiger charge is 2.29. The molecule has 208 valence electrons. The molecule has 9 heteroatoms. The number of nitrogens with zero attached hydrogens (tertiary/aromatic N) is 2. The van der Waals surface area contributed by atoms with Gasteiger partial charge < -0.3 is 25.5 Å². The summed E-state index contributed by atoms with van der Waals surface area (Å²) < 4.78 is 0. The number of hydrogen-bond donors (Lipinski definition) is 3. The second-order valence-corrected chi connectivity index (χ2v) is 10.5. The van der Waals surface area contributed by atoms with E-state index in [0.29, 0.717) is 50.8 Å². The SMILES string of the molecule is CN(C)CCCCC(=O)N(C)c1ccc(N/C(=C2\C(=O)Nc3cc(Cl)ccc32)c2cccc(CC(=O)O)c2)cc1. The van der Waals surface area contributed by atoms with Crippen LogP contribution in [0.4, 0.5) is 17.1 Å². The van der Waals surface area contributed by atoms with Crippen molar-refractivity contribution in [2.75, 3.05) is 43.2 Å². The summed E-state index contributed by atoms with van der Waals surface area (Å²) in [7, 11) is 5.80. The van der Waals surface area contributed by atoms with E-state index < -0.39 is 5.97 Å². The summed E-state index contributed by atoms with van der Waals surface area (Å²) in [5.41, 5.74) is 5.00. The molecule has 3 aromatic rings. The molecular formula is C31H33ClN4O4. The molecule has 0 atom stereocenters. The third kappa shape index (κ3) is 7.08. The number of carboxylic acid groups (broad SMARTS) is 1. The molecule has 0 bridgehead atoms. The molecule has 2 amide bonds. The van der Waals surface area contributed by atoms with Gasteiger partial charge in [0, 0.05) is 35.4 Å². The Hall–Kier alpha value is -4.14. The zero-order chi connectivity index (χ0) is 28.8. The number of nitrogens with one attached hydrogen (secondary N) is 2. The first-order chi connectivity index (χ1) is 19.1. The molecule has 0 unspecified atom stereocenters. The van der Waals surface area contributed by atoms with Crippen LogP contribution in [0.1, 0.15) is 36.0 Å². The van der Waals surface area contributed by atoms with Crippen LogP contribution < -0.4 is 15.5 Å². The second kappa shape index (κ2) is 12.8. The number of fused-ring (bicyclic) bond motifs is 1. The Kier molecular flexibility index (Phi) is 9.24. The van der Waals surface area contributed by atoms with Crippen LogP contribution in [0.5, 0.6) is 0 Å². The number of carboxylic acids is 1. The van der Waals surface area contributed by atoms with Crippen molar-refractivity contribution in [3.05, 3.63) is 88.4 Å². The topological polar surface area (TPSA) is 102 Å². The van der Waals surface area contributed by atoms with E-state index in [-0.39, 0.29) is 18.2 Å². The fourth-order valence-corrected chi connectivity index (χ4v) is 4.78. The lowest BCUT2D eigenvalue weighted by atomic mass is 9.98. The minimum absolute atomic E-state index is 0.0513. The molecule has 0 fully saturated rings. The maximum Gasteiger partial charge on any atom is 0.307 e. The summed E-state index contributed by atoms with van der Waals surface area (Å²) >= 11 is 6.16. The lowest BCUT2D eigenvalue weighted by Crippen LogP contribution is -2.26. The number of carbonyl (C=O) groups excluding carboxylic acids is 2. The first-order valence-corrected chi connectivity index (χ1v) is 13.4. The molecule has 1 aliphatic heterocycles. The van der Waals surface area contributed by atoms with Crippen LogP contribution in [0.25, 0.3) is 11.3 Å². The molecule has 3 aromatic carbocycles. The number of anilines is 3. The molecule has 0 radical (unpaired) electrons. The fraction of sp³-hybridized carbons (Fsp3) is 0.258. The van der Waals surface area contributed by atoms with E-state index in [1.807, 2.05) is 44.4 Å². The minimum atomic E-state index is -0.940. The van der Waals surface area contributed by atoms with Crippen LogP contribution in [-0.2, 0) is 20.8 Å². The number of aliphatic carboxylic acids is 1. The molecule has 3 N–H and O–H groups in total. The number of hydrogen-bond acceptors (Lipinski definition) is 5. The van der Waals surface area contributed by atoms with Gasteiger partial charge in [0.1, 0.15) is 0 Å². The van der Waals surface area contributed by atoms with Gasteiger partial charge in [0.05, 0.1) is 23.4 Å². The van der Waals surface area contributed by atoms with Crippen LogP contribution in [0.2, 0.25) is 5.02 Å². The molecule has 0 aromatic heterocycles. The predicted octanol–water partition coefficient (Wildman–Crippen LogP) is 5.59. The normalized spacial score (nSPS) is 13.6. The molecule has 1 heterocycles. The summed E-state index contributed by atoms with van der Waals surface area (Å²) in [6.45, 7) is 0.948. The van der Waals surface area contributed by atoms with Gasteiger partial charge in [-0.1, -0.05) is 35.9 Å². The van der Waals surface area contributed by atoms with Crippen molar-refractivity contribution in [1.29, 1.82) is 0 Å². The average Bonchev–Trinajstić information content (AvgIpc) is 3.23. The number of amides is 2. The zero-order valence-electron chi connectivity index (χ0n) is 22.8. The smallest absolute Gasteiger partial charge is 0.307 e. The van der Waals surface area contributed by atoms with Gasteiger partial charge in [-0.2, -0.15) is 0 Å². The van der Waals surface area contributed by atoms with Gasteiger partial charge >= 0.3 is 5.97 Å². The standard InChI is InChI=1S/C31H33ClN4O4/c1-35(2)16-5-4-9-27(37)36(3)24-13-11-23(12-14-24)33-30(21-8-6-7-20(17-21)18-28(38)39)29-25-15-10-22(32)19-26(25)34-31(29)40/h6-8,10-15,17,19,33H,4-5,9,16,18H2,1-3H3,(H,34,40)(H,38,39)/b30-29-. The summed E-state index contributed by atoms with van der Waals surface area (Å²) in [5, 5.41) is 16.1. The number of unbranched alkanes of at least 4 members (excludes halogenated alkanes) is 1. The van der Waals surface area contributed by atoms with E-state index in [4.69, 9.17) is 11.6 Å². The van der Waals surface area contributed by atoms with Crippen molar-refractivity contribution in [3.63, 3.8) is 0 Å². The lowest BCUT2D eigenvalue weighted by molar-refractivity contribution is -0.136. The lowest BCUT2D eigenvalue weighted by Gasteiger charge is -2.19. The molecule has 0 saturated heterocycles. The maximum absolute atomic E-state index is 13.2. The number of benzene rings is 3. The molecule has 1 aliphatic rings. The summed E-state index contributed by atoms with van der Waals surface area (Å²) in [5.74, 6) is -1.18. The summed E-state index contributed by atoms with van der Waals surface area (Å²) in [6, 6.07) is 19.7. The Morgan fingerprint density at radius 1 is 0.975 bits per heavy atom. The van der Waals surface area contributed by atoms with Gasteiger partial charge in [0.15, 0.2) is 0 Å². The van der Waals surface area contributed by atoms with E-state index in [1.54, 1.807) is 48.3 Å². The summed E-state index contributed by atoms with van der Waals surface area (Å²) in [4.78, 5) is 41.0. The van der Waals surface area contributed by atoms with Crippen molar-refractivity contribution in [3.8, 4) is 0 Å². The Labute approximate surface area is 239 Å². The van der Waals surface area contributed by atoms with Crippen molar-refractivity contribution in [2.45, 2.75) is 25.7 Å². The van der Waals surface area contributed by atoms with Gasteiger partial charge in [-0.05, 0) is 87.1 Å². The van der Waals surface area contributed by atoms with Gasteiger partial charge in [-0.25, -0.2) is 0 Å². The predicted molar refractivity (Wildman–Crippen MR) is 161 cm³/mol. The van der Waals surface area contributed by atoms with Gasteiger partial charge in [0.25, 0.3) is 5.91 Å². The molecule has 0 aliphatic carbocycles. The Morgan fingerprint density at radius 3 is 2.42 bits per heavy atom. The monoisotopic (exact) mass is 560 g/mol. The van der Waals surface area contributed by atoms with Gasteiger partial charge in [-0.3, -0.25) is 14.4 Å². The minimum Gasteiger partial charge on any atom is -0.481 e. The highest BCUT2D eigenvalue weighted by Crippen LogP contribution is 2.39. The first kappa shape index (κ1) is 28.9. The van der Waals surface area contributed by atoms with E-state index in [2.05, 4.69) is 15.5 Å². The Morgan fingerprint density at radius 2 is 1.73 bits per heavy atom. The molecule has 0 saturated carbocycles. The largest absolute Gasteiger partial charge is 0.481 e. The highest BCUT2D eigenvalue weighted by molar-refractivity contribution is 6.38. The van der Waals surface area contributed by atoms with Crippen molar-refractivity contribution in [2.24, 2.45) is 0 Å². The first-order valence-electron chi connectivity index (χ1n) is 13.1. The second-order valence-electron chi connectivity index (χ2n) is 10.0. The quantitative estimate of drug-likeness (QED) is 0.209. The average molecular weight is 561 g/mol. The molecule has 0 spiro atoms. The zero-order valence-corrected chi connectivity index (χ0v) is 23.6. The third-order valence-electron chi connectivity index (χ3n) is 6.69. The fourth-order valence-electron chi connectivity index (χ4n) is 4.61. The van der Waals surface area contributed by atoms with E-state index in [9.17, 15) is 19.5 Å². The van der Waals surface area contributed by atoms with Crippen LogP contribution in [0, 0.1) is 0 Å². The van der Waals surface area contributed by atoms with Crippen molar-refractivity contribution in [1.82, 2.24) is 4.90 Å². The van der Waals surface area contributed by atoms with Crippen molar-refractivity contribution >= 4 is 57.7 Å². The van der Waals surface area contributed by atoms with Gasteiger partial charge in [0.2, 0.25) is 5.91 Å². The van der Waals surface area contributed by atoms with E-state index in [0.717, 1.165) is 25.1 Å². The molecule has 40 heavy (non-hydrogen) atoms. The Balaban J connectivity index is 1.63. The van der Waals surface area contributed by atoms with E-state index >= 15 is 0 Å². The number of rotatable bonds is 11. The van der Waals surface area contributed by atoms with Gasteiger partial charge in [-0.15, -0.1) is 0 Å². The summed E-state index contributed by atoms with van der Waals surface area (Å²) in [6.07, 6.45) is 2.13. The maximum atomic E-state index is 13.2. The van der Waals surface area contributed by atoms with Crippen LogP contribution in [-0.4, -0.2) is 55.5 Å². The molecule has 8 nitrogen and oxygen atoms in total. The molecular weight excluding hydrogens is 528 g/mol. The number of carbonyl (C=O) groups is 3. The van der Waals surface area contributed by atoms with Crippen LogP contribution >= 0.6 is 11.6 Å². The van der Waals surface area contributed by atoms with Crippen molar-refractivity contribution < 1.29 is 19.5 Å². The molecule has 4 rings (SSSR count).